The molecule has 110 valence electrons. The Morgan fingerprint density at radius 1 is 1.45 bits per heavy atom. The van der Waals surface area contributed by atoms with E-state index in [0.29, 0.717) is 11.5 Å². The van der Waals surface area contributed by atoms with Gasteiger partial charge >= 0.3 is 0 Å². The molecule has 0 aromatic heterocycles. The van der Waals surface area contributed by atoms with Crippen LogP contribution in [0.1, 0.15) is 28.8 Å². The largest absolute Gasteiger partial charge is 0.366 e. The number of rotatable bonds is 6. The van der Waals surface area contributed by atoms with Crippen molar-refractivity contribution in [2.75, 3.05) is 6.54 Å². The lowest BCUT2D eigenvalue weighted by atomic mass is 10.1. The van der Waals surface area contributed by atoms with Crippen LogP contribution in [0.15, 0.2) is 23.1 Å². The van der Waals surface area contributed by atoms with Crippen molar-refractivity contribution in [1.29, 1.82) is 0 Å². The Hall–Kier alpha value is -1.44. The van der Waals surface area contributed by atoms with Gasteiger partial charge in [-0.25, -0.2) is 13.1 Å². The highest BCUT2D eigenvalue weighted by Crippen LogP contribution is 2.31. The number of aryl methyl sites for hydroxylation is 1. The molecule has 1 aromatic rings. The van der Waals surface area contributed by atoms with E-state index in [-0.39, 0.29) is 23.0 Å². The molecular weight excluding hydrogens is 278 g/mol. The molecule has 2 rings (SSSR count). The number of hydrogen-bond acceptors (Lipinski definition) is 4. The lowest BCUT2D eigenvalue weighted by Crippen LogP contribution is -2.38. The van der Waals surface area contributed by atoms with Crippen molar-refractivity contribution in [2.24, 2.45) is 17.4 Å². The minimum Gasteiger partial charge on any atom is -0.366 e. The predicted octanol–water partition coefficient (Wildman–Crippen LogP) is 0.110. The third kappa shape index (κ3) is 3.36. The van der Waals surface area contributed by atoms with Crippen molar-refractivity contribution in [3.63, 3.8) is 0 Å². The summed E-state index contributed by atoms with van der Waals surface area (Å²) in [7, 11) is -3.67. The van der Waals surface area contributed by atoms with Crippen molar-refractivity contribution >= 4 is 15.9 Å². The first-order valence-electron chi connectivity index (χ1n) is 6.47. The van der Waals surface area contributed by atoms with Gasteiger partial charge in [-0.05, 0) is 43.4 Å². The average molecular weight is 297 g/mol. The summed E-state index contributed by atoms with van der Waals surface area (Å²) in [5.41, 5.74) is 11.9. The van der Waals surface area contributed by atoms with Crippen molar-refractivity contribution in [1.82, 2.24) is 4.72 Å². The normalized spacial score (nSPS) is 16.9. The Morgan fingerprint density at radius 2 is 2.10 bits per heavy atom. The molecule has 1 unspecified atom stereocenters. The SMILES string of the molecule is Cc1ccc(S(=O)(=O)NCC(N)C2CC2)cc1C(N)=O. The molecule has 0 radical (unpaired) electrons. The molecular formula is C13H19N3O3S. The van der Waals surface area contributed by atoms with Gasteiger partial charge in [0.2, 0.25) is 15.9 Å². The number of nitrogens with one attached hydrogen (secondary N) is 1. The number of carbonyl (C=O) groups is 1. The van der Waals surface area contributed by atoms with Gasteiger partial charge in [-0.2, -0.15) is 0 Å². The third-order valence-corrected chi connectivity index (χ3v) is 4.94. The van der Waals surface area contributed by atoms with E-state index in [1.807, 2.05) is 0 Å². The molecule has 0 spiro atoms. The summed E-state index contributed by atoms with van der Waals surface area (Å²) in [6, 6.07) is 4.15. The summed E-state index contributed by atoms with van der Waals surface area (Å²) in [6.07, 6.45) is 2.11. The lowest BCUT2D eigenvalue weighted by Gasteiger charge is -2.13. The zero-order valence-corrected chi connectivity index (χ0v) is 12.1. The van der Waals surface area contributed by atoms with Crippen LogP contribution in [0.3, 0.4) is 0 Å². The van der Waals surface area contributed by atoms with Crippen LogP contribution >= 0.6 is 0 Å². The number of primary amides is 1. The quantitative estimate of drug-likeness (QED) is 0.691. The summed E-state index contributed by atoms with van der Waals surface area (Å²) < 4.78 is 26.8. The smallest absolute Gasteiger partial charge is 0.249 e. The molecule has 1 saturated carbocycles. The number of amides is 1. The van der Waals surface area contributed by atoms with Gasteiger partial charge in [0.05, 0.1) is 4.90 Å². The topological polar surface area (TPSA) is 115 Å². The summed E-state index contributed by atoms with van der Waals surface area (Å²) in [5.74, 6) is -0.230. The molecule has 5 N–H and O–H groups in total. The number of benzene rings is 1. The van der Waals surface area contributed by atoms with Gasteiger partial charge in [0, 0.05) is 18.2 Å². The average Bonchev–Trinajstić information content (AvgIpc) is 3.20. The molecule has 1 aromatic carbocycles. The van der Waals surface area contributed by atoms with Crippen LogP contribution in [0.5, 0.6) is 0 Å². The first kappa shape index (κ1) is 15.0. The first-order valence-corrected chi connectivity index (χ1v) is 7.95. The zero-order chi connectivity index (χ0) is 14.9. The Kier molecular flexibility index (Phi) is 4.12. The van der Waals surface area contributed by atoms with Gasteiger partial charge in [-0.15, -0.1) is 0 Å². The number of nitrogens with two attached hydrogens (primary N) is 2. The second kappa shape index (κ2) is 5.51. The highest BCUT2D eigenvalue weighted by atomic mass is 32.2. The van der Waals surface area contributed by atoms with Gasteiger partial charge in [0.15, 0.2) is 0 Å². The first-order chi connectivity index (χ1) is 9.31. The molecule has 6 nitrogen and oxygen atoms in total. The second-order valence-electron chi connectivity index (χ2n) is 5.19. The number of sulfonamides is 1. The molecule has 0 heterocycles. The minimum atomic E-state index is -3.67. The van der Waals surface area contributed by atoms with Crippen LogP contribution in [-0.4, -0.2) is 26.9 Å². The standard InChI is InChI=1S/C13H19N3O3S/c1-8-2-5-10(6-11(8)13(15)17)20(18,19)16-7-12(14)9-3-4-9/h2,5-6,9,12,16H,3-4,7,14H2,1H3,(H2,15,17). The minimum absolute atomic E-state index is 0.0277. The van der Waals surface area contributed by atoms with Crippen LogP contribution in [0.4, 0.5) is 0 Å². The van der Waals surface area contributed by atoms with Crippen LogP contribution in [0, 0.1) is 12.8 Å². The van der Waals surface area contributed by atoms with Crippen LogP contribution in [-0.2, 0) is 10.0 Å². The highest BCUT2D eigenvalue weighted by Gasteiger charge is 2.29. The maximum atomic E-state index is 12.1. The maximum Gasteiger partial charge on any atom is 0.249 e. The van der Waals surface area contributed by atoms with E-state index < -0.39 is 15.9 Å². The maximum absolute atomic E-state index is 12.1. The van der Waals surface area contributed by atoms with Crippen LogP contribution in [0.25, 0.3) is 0 Å². The van der Waals surface area contributed by atoms with Crippen LogP contribution in [0.2, 0.25) is 0 Å². The van der Waals surface area contributed by atoms with Gasteiger partial charge < -0.3 is 11.5 Å². The van der Waals surface area contributed by atoms with E-state index in [0.717, 1.165) is 12.8 Å². The van der Waals surface area contributed by atoms with Crippen molar-refractivity contribution in [3.8, 4) is 0 Å². The molecule has 1 atom stereocenters. The van der Waals surface area contributed by atoms with Crippen LogP contribution < -0.4 is 16.2 Å². The molecule has 0 bridgehead atoms. The lowest BCUT2D eigenvalue weighted by molar-refractivity contribution is 0.0999. The predicted molar refractivity (Wildman–Crippen MR) is 75.6 cm³/mol. The fraction of sp³-hybridized carbons (Fsp3) is 0.462. The Morgan fingerprint density at radius 3 is 2.65 bits per heavy atom. The van der Waals surface area contributed by atoms with Crippen molar-refractivity contribution in [3.05, 3.63) is 29.3 Å². The van der Waals surface area contributed by atoms with Gasteiger partial charge in [-0.1, -0.05) is 6.07 Å². The third-order valence-electron chi connectivity index (χ3n) is 3.52. The van der Waals surface area contributed by atoms with E-state index in [1.54, 1.807) is 13.0 Å². The molecule has 0 saturated heterocycles. The van der Waals surface area contributed by atoms with E-state index in [9.17, 15) is 13.2 Å². The van der Waals surface area contributed by atoms with E-state index in [4.69, 9.17) is 11.5 Å². The zero-order valence-electron chi connectivity index (χ0n) is 11.3. The molecule has 1 aliphatic rings. The molecule has 1 aliphatic carbocycles. The number of carbonyl (C=O) groups excluding carboxylic acids is 1. The summed E-state index contributed by atoms with van der Waals surface area (Å²) in [4.78, 5) is 11.3. The van der Waals surface area contributed by atoms with Gasteiger partial charge in [-0.3, -0.25) is 4.79 Å². The summed E-state index contributed by atoms with van der Waals surface area (Å²) in [6.45, 7) is 1.90. The second-order valence-corrected chi connectivity index (χ2v) is 6.96. The molecule has 0 aliphatic heterocycles. The fourth-order valence-corrected chi connectivity index (χ4v) is 3.11. The Balaban J connectivity index is 2.16. The monoisotopic (exact) mass is 297 g/mol. The summed E-state index contributed by atoms with van der Waals surface area (Å²) >= 11 is 0. The Labute approximate surface area is 118 Å². The molecule has 20 heavy (non-hydrogen) atoms. The molecule has 7 heteroatoms. The summed E-state index contributed by atoms with van der Waals surface area (Å²) in [5, 5.41) is 0. The van der Waals surface area contributed by atoms with E-state index in [2.05, 4.69) is 4.72 Å². The van der Waals surface area contributed by atoms with E-state index >= 15 is 0 Å². The molecule has 1 fully saturated rings. The Bertz CT molecular complexity index is 624. The van der Waals surface area contributed by atoms with Gasteiger partial charge in [0.25, 0.3) is 0 Å². The molecule has 1 amide bonds. The number of hydrogen-bond donors (Lipinski definition) is 3. The van der Waals surface area contributed by atoms with Crippen molar-refractivity contribution < 1.29 is 13.2 Å². The fourth-order valence-electron chi connectivity index (χ4n) is 2.01. The highest BCUT2D eigenvalue weighted by molar-refractivity contribution is 7.89. The van der Waals surface area contributed by atoms with Crippen molar-refractivity contribution in [2.45, 2.75) is 30.7 Å². The van der Waals surface area contributed by atoms with Gasteiger partial charge in [0.1, 0.15) is 0 Å². The van der Waals surface area contributed by atoms with E-state index in [1.165, 1.54) is 12.1 Å².